The molecular weight excluding hydrogens is 344 g/mol. The standard InChI is InChI=1S/C12H9BrClF3N2/c1-5-9(18-2)8-6(13)3-4-7(14)10(8)19-11(5)12(15,16)17/h3-4H,1-2H3,(H,18,19). The molecule has 2 rings (SSSR count). The number of anilines is 1. The third-order valence-electron chi connectivity index (χ3n) is 2.80. The first-order valence-electron chi connectivity index (χ1n) is 5.30. The highest BCUT2D eigenvalue weighted by Gasteiger charge is 2.36. The lowest BCUT2D eigenvalue weighted by atomic mass is 10.1. The van der Waals surface area contributed by atoms with Crippen molar-refractivity contribution in [3.63, 3.8) is 0 Å². The van der Waals surface area contributed by atoms with Gasteiger partial charge in [0, 0.05) is 28.2 Å². The maximum absolute atomic E-state index is 13.0. The summed E-state index contributed by atoms with van der Waals surface area (Å²) in [5, 5.41) is 3.51. The molecule has 0 saturated carbocycles. The van der Waals surface area contributed by atoms with Gasteiger partial charge in [0.15, 0.2) is 0 Å². The second kappa shape index (κ2) is 4.83. The first-order chi connectivity index (χ1) is 8.77. The Morgan fingerprint density at radius 1 is 1.32 bits per heavy atom. The van der Waals surface area contributed by atoms with E-state index in [9.17, 15) is 13.2 Å². The minimum Gasteiger partial charge on any atom is -0.387 e. The highest BCUT2D eigenvalue weighted by Crippen LogP contribution is 2.41. The number of halogens is 5. The van der Waals surface area contributed by atoms with Crippen molar-refractivity contribution in [2.24, 2.45) is 0 Å². The van der Waals surface area contributed by atoms with Crippen molar-refractivity contribution in [3.8, 4) is 0 Å². The highest BCUT2D eigenvalue weighted by molar-refractivity contribution is 9.10. The lowest BCUT2D eigenvalue weighted by Gasteiger charge is -2.17. The molecule has 1 N–H and O–H groups in total. The summed E-state index contributed by atoms with van der Waals surface area (Å²) in [6.45, 7) is 1.38. The Labute approximate surface area is 121 Å². The highest BCUT2D eigenvalue weighted by atomic mass is 79.9. The van der Waals surface area contributed by atoms with Crippen LogP contribution in [0.15, 0.2) is 16.6 Å². The van der Waals surface area contributed by atoms with Gasteiger partial charge in [-0.15, -0.1) is 0 Å². The van der Waals surface area contributed by atoms with Crippen LogP contribution in [-0.4, -0.2) is 12.0 Å². The van der Waals surface area contributed by atoms with Crippen molar-refractivity contribution < 1.29 is 13.2 Å². The van der Waals surface area contributed by atoms with Crippen molar-refractivity contribution in [2.75, 3.05) is 12.4 Å². The number of hydrogen-bond acceptors (Lipinski definition) is 2. The van der Waals surface area contributed by atoms with Gasteiger partial charge in [0.25, 0.3) is 0 Å². The molecule has 0 amide bonds. The zero-order chi connectivity index (χ0) is 14.4. The third kappa shape index (κ3) is 2.39. The van der Waals surface area contributed by atoms with E-state index in [0.717, 1.165) is 0 Å². The van der Waals surface area contributed by atoms with Gasteiger partial charge in [0.05, 0.1) is 10.5 Å². The molecule has 7 heteroatoms. The molecule has 0 atom stereocenters. The number of hydrogen-bond donors (Lipinski definition) is 1. The number of nitrogens with one attached hydrogen (secondary N) is 1. The van der Waals surface area contributed by atoms with Crippen LogP contribution in [0, 0.1) is 6.92 Å². The summed E-state index contributed by atoms with van der Waals surface area (Å²) in [6, 6.07) is 3.19. The molecule has 0 aliphatic rings. The zero-order valence-corrected chi connectivity index (χ0v) is 12.3. The van der Waals surface area contributed by atoms with Gasteiger partial charge in [-0.05, 0) is 19.1 Å². The van der Waals surface area contributed by atoms with E-state index in [1.54, 1.807) is 13.1 Å². The number of fused-ring (bicyclic) bond motifs is 1. The van der Waals surface area contributed by atoms with E-state index in [0.29, 0.717) is 15.5 Å². The van der Waals surface area contributed by atoms with E-state index < -0.39 is 11.9 Å². The van der Waals surface area contributed by atoms with E-state index in [2.05, 4.69) is 26.2 Å². The fraction of sp³-hybridized carbons (Fsp3) is 0.250. The van der Waals surface area contributed by atoms with Crippen LogP contribution >= 0.6 is 27.5 Å². The van der Waals surface area contributed by atoms with Crippen molar-refractivity contribution in [3.05, 3.63) is 32.9 Å². The van der Waals surface area contributed by atoms with Crippen LogP contribution in [0.3, 0.4) is 0 Å². The van der Waals surface area contributed by atoms with Crippen molar-refractivity contribution in [2.45, 2.75) is 13.1 Å². The minimum atomic E-state index is -4.52. The normalized spacial score (nSPS) is 11.9. The number of alkyl halides is 3. The predicted octanol–water partition coefficient (Wildman–Crippen LogP) is 5.02. The van der Waals surface area contributed by atoms with Crippen LogP contribution in [0.2, 0.25) is 5.02 Å². The fourth-order valence-electron chi connectivity index (χ4n) is 1.98. The molecule has 0 unspecified atom stereocenters. The summed E-state index contributed by atoms with van der Waals surface area (Å²) in [6.07, 6.45) is -4.52. The summed E-state index contributed by atoms with van der Waals surface area (Å²) in [7, 11) is 1.56. The number of rotatable bonds is 1. The molecule has 2 aromatic rings. The summed E-state index contributed by atoms with van der Waals surface area (Å²) >= 11 is 9.27. The van der Waals surface area contributed by atoms with Crippen LogP contribution in [-0.2, 0) is 6.18 Å². The number of pyridine rings is 1. The fourth-order valence-corrected chi connectivity index (χ4v) is 2.70. The molecule has 19 heavy (non-hydrogen) atoms. The molecule has 0 bridgehead atoms. The van der Waals surface area contributed by atoms with E-state index >= 15 is 0 Å². The molecule has 0 fully saturated rings. The van der Waals surface area contributed by atoms with Gasteiger partial charge in [-0.2, -0.15) is 13.2 Å². The van der Waals surface area contributed by atoms with E-state index in [1.807, 2.05) is 0 Å². The van der Waals surface area contributed by atoms with Crippen LogP contribution in [0.25, 0.3) is 10.9 Å². The molecule has 0 aliphatic heterocycles. The van der Waals surface area contributed by atoms with Crippen molar-refractivity contribution in [1.82, 2.24) is 4.98 Å². The lowest BCUT2D eigenvalue weighted by molar-refractivity contribution is -0.141. The molecule has 0 spiro atoms. The second-order valence-corrected chi connectivity index (χ2v) is 5.22. The molecule has 0 radical (unpaired) electrons. The smallest absolute Gasteiger partial charge is 0.387 e. The number of aromatic nitrogens is 1. The average molecular weight is 354 g/mol. The van der Waals surface area contributed by atoms with E-state index in [4.69, 9.17) is 11.6 Å². The summed E-state index contributed by atoms with van der Waals surface area (Å²) in [5.41, 5.74) is -0.389. The van der Waals surface area contributed by atoms with Gasteiger partial charge >= 0.3 is 6.18 Å². The first kappa shape index (κ1) is 14.4. The lowest BCUT2D eigenvalue weighted by Crippen LogP contribution is -2.13. The topological polar surface area (TPSA) is 24.9 Å². The first-order valence-corrected chi connectivity index (χ1v) is 6.47. The SMILES string of the molecule is CNc1c(C)c(C(F)(F)F)nc2c(Cl)ccc(Br)c12. The number of nitrogens with zero attached hydrogens (tertiary/aromatic N) is 1. The maximum atomic E-state index is 13.0. The van der Waals surface area contributed by atoms with Crippen LogP contribution in [0.1, 0.15) is 11.3 Å². The summed E-state index contributed by atoms with van der Waals surface area (Å²) in [4.78, 5) is 3.69. The van der Waals surface area contributed by atoms with Gasteiger partial charge in [0.1, 0.15) is 5.69 Å². The molecule has 1 heterocycles. The maximum Gasteiger partial charge on any atom is 0.433 e. The van der Waals surface area contributed by atoms with E-state index in [-0.39, 0.29) is 16.1 Å². The Hall–Kier alpha value is -1.01. The van der Waals surface area contributed by atoms with E-state index in [1.165, 1.54) is 13.0 Å². The Morgan fingerprint density at radius 3 is 2.47 bits per heavy atom. The summed E-state index contributed by atoms with van der Waals surface area (Å²) in [5.74, 6) is 0. The molecule has 102 valence electrons. The van der Waals surface area contributed by atoms with Crippen LogP contribution in [0.4, 0.5) is 18.9 Å². The molecule has 0 saturated heterocycles. The van der Waals surface area contributed by atoms with Gasteiger partial charge in [-0.3, -0.25) is 0 Å². The van der Waals surface area contributed by atoms with Gasteiger partial charge in [-0.25, -0.2) is 4.98 Å². The van der Waals surface area contributed by atoms with Gasteiger partial charge < -0.3 is 5.32 Å². The average Bonchev–Trinajstić information content (AvgIpc) is 2.32. The van der Waals surface area contributed by atoms with Crippen molar-refractivity contribution in [1.29, 1.82) is 0 Å². The molecule has 2 nitrogen and oxygen atoms in total. The Balaban J connectivity index is 2.99. The number of benzene rings is 1. The molecule has 1 aromatic carbocycles. The van der Waals surface area contributed by atoms with Gasteiger partial charge in [-0.1, -0.05) is 27.5 Å². The second-order valence-electron chi connectivity index (χ2n) is 3.96. The zero-order valence-electron chi connectivity index (χ0n) is 9.99. The van der Waals surface area contributed by atoms with Crippen LogP contribution in [0.5, 0.6) is 0 Å². The Morgan fingerprint density at radius 2 is 1.95 bits per heavy atom. The largest absolute Gasteiger partial charge is 0.433 e. The monoisotopic (exact) mass is 352 g/mol. The Bertz CT molecular complexity index is 656. The summed E-state index contributed by atoms with van der Waals surface area (Å²) < 4.78 is 39.6. The quantitative estimate of drug-likeness (QED) is 0.778. The predicted molar refractivity (Wildman–Crippen MR) is 73.7 cm³/mol. The van der Waals surface area contributed by atoms with Crippen molar-refractivity contribution >= 4 is 44.1 Å². The minimum absolute atomic E-state index is 0.0467. The molecule has 0 aliphatic carbocycles. The molecular formula is C12H9BrClF3N2. The third-order valence-corrected chi connectivity index (χ3v) is 3.77. The van der Waals surface area contributed by atoms with Crippen LogP contribution < -0.4 is 5.32 Å². The molecule has 1 aromatic heterocycles. The Kier molecular flexibility index (Phi) is 3.66. The van der Waals surface area contributed by atoms with Gasteiger partial charge in [0.2, 0.25) is 0 Å².